The van der Waals surface area contributed by atoms with Gasteiger partial charge in [-0.1, -0.05) is 18.2 Å². The molecule has 1 aliphatic heterocycles. The number of fused-ring (bicyclic) bond motifs is 2. The van der Waals surface area contributed by atoms with E-state index in [9.17, 15) is 9.59 Å². The van der Waals surface area contributed by atoms with Crippen molar-refractivity contribution in [3.05, 3.63) is 72.3 Å². The fraction of sp³-hybridized carbons (Fsp3) is 0.167. The van der Waals surface area contributed by atoms with Crippen LogP contribution in [-0.4, -0.2) is 32.1 Å². The van der Waals surface area contributed by atoms with Gasteiger partial charge in [-0.05, 0) is 49.4 Å². The van der Waals surface area contributed by atoms with Crippen molar-refractivity contribution in [2.45, 2.75) is 6.92 Å². The molecule has 3 aromatic rings. The van der Waals surface area contributed by atoms with Gasteiger partial charge < -0.3 is 24.4 Å². The van der Waals surface area contributed by atoms with Gasteiger partial charge in [0.1, 0.15) is 17.2 Å². The lowest BCUT2D eigenvalue weighted by Gasteiger charge is -2.19. The smallest absolute Gasteiger partial charge is 0.262 e. The lowest BCUT2D eigenvalue weighted by atomic mass is 10.1. The number of para-hydroxylation sites is 2. The monoisotopic (exact) mass is 418 g/mol. The van der Waals surface area contributed by atoms with Gasteiger partial charge in [-0.3, -0.25) is 9.59 Å². The van der Waals surface area contributed by atoms with Crippen molar-refractivity contribution >= 4 is 23.2 Å². The number of hydrogen-bond acceptors (Lipinski definition) is 5. The van der Waals surface area contributed by atoms with Gasteiger partial charge in [0.2, 0.25) is 0 Å². The minimum absolute atomic E-state index is 0.179. The predicted octanol–water partition coefficient (Wildman–Crippen LogP) is 4.49. The molecule has 1 heterocycles. The second-order valence-corrected chi connectivity index (χ2v) is 6.85. The van der Waals surface area contributed by atoms with E-state index >= 15 is 0 Å². The largest absolute Gasteiger partial charge is 0.497 e. The molecule has 0 saturated carbocycles. The summed E-state index contributed by atoms with van der Waals surface area (Å²) in [4.78, 5) is 27.2. The molecule has 0 bridgehead atoms. The van der Waals surface area contributed by atoms with Crippen LogP contribution < -0.4 is 24.4 Å². The van der Waals surface area contributed by atoms with E-state index in [0.717, 1.165) is 0 Å². The van der Waals surface area contributed by atoms with Gasteiger partial charge in [-0.15, -0.1) is 0 Å². The van der Waals surface area contributed by atoms with Crippen molar-refractivity contribution in [3.63, 3.8) is 0 Å². The molecule has 4 rings (SSSR count). The fourth-order valence-corrected chi connectivity index (χ4v) is 3.35. The van der Waals surface area contributed by atoms with Crippen LogP contribution in [0.25, 0.3) is 0 Å². The number of nitrogens with one attached hydrogen (secondary N) is 1. The molecular formula is C24H22N2O5. The number of nitrogens with zero attached hydrogens (tertiary/aromatic N) is 1. The summed E-state index contributed by atoms with van der Waals surface area (Å²) in [5.74, 6) is 1.69. The number of rotatable bonds is 6. The molecule has 0 fully saturated rings. The maximum absolute atomic E-state index is 13.1. The average molecular weight is 418 g/mol. The number of carbonyl (C=O) groups is 2. The van der Waals surface area contributed by atoms with Crippen LogP contribution in [0, 0.1) is 0 Å². The number of methoxy groups -OCH3 is 1. The predicted molar refractivity (Wildman–Crippen MR) is 117 cm³/mol. The van der Waals surface area contributed by atoms with E-state index in [-0.39, 0.29) is 18.4 Å². The Morgan fingerprint density at radius 1 is 1.00 bits per heavy atom. The molecule has 0 unspecified atom stereocenters. The third-order valence-electron chi connectivity index (χ3n) is 4.84. The number of ether oxygens (including phenoxy) is 3. The molecule has 158 valence electrons. The van der Waals surface area contributed by atoms with Gasteiger partial charge in [0.05, 0.1) is 18.4 Å². The Hall–Kier alpha value is -4.00. The Morgan fingerprint density at radius 3 is 2.61 bits per heavy atom. The van der Waals surface area contributed by atoms with E-state index in [1.165, 1.54) is 0 Å². The third-order valence-corrected chi connectivity index (χ3v) is 4.84. The number of amides is 2. The van der Waals surface area contributed by atoms with E-state index in [1.807, 2.05) is 31.2 Å². The first-order valence-corrected chi connectivity index (χ1v) is 9.88. The fourth-order valence-electron chi connectivity index (χ4n) is 3.35. The summed E-state index contributed by atoms with van der Waals surface area (Å²) < 4.78 is 16.6. The lowest BCUT2D eigenvalue weighted by Crippen LogP contribution is -2.30. The van der Waals surface area contributed by atoms with Crippen LogP contribution in [0.2, 0.25) is 0 Å². The molecule has 0 spiro atoms. The highest BCUT2D eigenvalue weighted by Gasteiger charge is 2.27. The summed E-state index contributed by atoms with van der Waals surface area (Å²) in [5, 5.41) is 2.76. The van der Waals surface area contributed by atoms with Crippen molar-refractivity contribution in [3.8, 4) is 23.0 Å². The molecule has 0 atom stereocenters. The second kappa shape index (κ2) is 8.79. The first-order valence-electron chi connectivity index (χ1n) is 9.88. The van der Waals surface area contributed by atoms with Gasteiger partial charge in [0, 0.05) is 18.3 Å². The van der Waals surface area contributed by atoms with E-state index < -0.39 is 0 Å². The third kappa shape index (κ3) is 4.30. The van der Waals surface area contributed by atoms with Gasteiger partial charge >= 0.3 is 0 Å². The normalized spacial score (nSPS) is 12.2. The highest BCUT2D eigenvalue weighted by molar-refractivity contribution is 6.10. The number of hydrogen-bond donors (Lipinski definition) is 1. The van der Waals surface area contributed by atoms with Crippen LogP contribution in [0.1, 0.15) is 17.3 Å². The molecular weight excluding hydrogens is 396 g/mol. The van der Waals surface area contributed by atoms with E-state index in [1.54, 1.807) is 54.5 Å². The zero-order chi connectivity index (χ0) is 21.8. The maximum Gasteiger partial charge on any atom is 0.262 e. The molecule has 3 aromatic carbocycles. The van der Waals surface area contributed by atoms with E-state index in [4.69, 9.17) is 14.2 Å². The Kier molecular flexibility index (Phi) is 5.75. The molecule has 1 N–H and O–H groups in total. The van der Waals surface area contributed by atoms with Crippen molar-refractivity contribution in [2.24, 2.45) is 0 Å². The van der Waals surface area contributed by atoms with Gasteiger partial charge in [-0.2, -0.15) is 0 Å². The SMILES string of the molecule is CCN1C(=O)c2cc(NC(=O)COc3cccc(OC)c3)ccc2Oc2ccccc21. The molecule has 7 heteroatoms. The number of benzene rings is 3. The summed E-state index contributed by atoms with van der Waals surface area (Å²) in [7, 11) is 1.56. The lowest BCUT2D eigenvalue weighted by molar-refractivity contribution is -0.118. The number of carbonyl (C=O) groups excluding carboxylic acids is 2. The molecule has 0 radical (unpaired) electrons. The van der Waals surface area contributed by atoms with Crippen LogP contribution in [0.3, 0.4) is 0 Å². The molecule has 0 aliphatic carbocycles. The highest BCUT2D eigenvalue weighted by Crippen LogP contribution is 2.39. The average Bonchev–Trinajstić information content (AvgIpc) is 2.91. The molecule has 31 heavy (non-hydrogen) atoms. The first-order chi connectivity index (χ1) is 15.1. The van der Waals surface area contributed by atoms with E-state index in [0.29, 0.717) is 46.5 Å². The maximum atomic E-state index is 13.1. The van der Waals surface area contributed by atoms with Crippen molar-refractivity contribution < 1.29 is 23.8 Å². The molecule has 1 aliphatic rings. The van der Waals surface area contributed by atoms with Crippen LogP contribution in [0.15, 0.2) is 66.7 Å². The standard InChI is InChI=1S/C24H22N2O5/c1-3-26-20-9-4-5-10-22(20)31-21-12-11-16(13-19(21)24(26)28)25-23(27)15-30-18-8-6-7-17(14-18)29-2/h4-14H,3,15H2,1-2H3,(H,25,27). The molecule has 2 amide bonds. The minimum atomic E-state index is -0.347. The summed E-state index contributed by atoms with van der Waals surface area (Å²) in [5.41, 5.74) is 1.57. The van der Waals surface area contributed by atoms with Crippen molar-refractivity contribution in [1.29, 1.82) is 0 Å². The summed E-state index contributed by atoms with van der Waals surface area (Å²) in [6.45, 7) is 2.21. The van der Waals surface area contributed by atoms with Crippen molar-refractivity contribution in [1.82, 2.24) is 0 Å². The topological polar surface area (TPSA) is 77.1 Å². The Bertz CT molecular complexity index is 1130. The zero-order valence-corrected chi connectivity index (χ0v) is 17.3. The van der Waals surface area contributed by atoms with Gasteiger partial charge in [0.25, 0.3) is 11.8 Å². The number of anilines is 2. The molecule has 0 aromatic heterocycles. The Balaban J connectivity index is 1.50. The van der Waals surface area contributed by atoms with Crippen LogP contribution in [-0.2, 0) is 4.79 Å². The minimum Gasteiger partial charge on any atom is -0.497 e. The van der Waals surface area contributed by atoms with E-state index in [2.05, 4.69) is 5.32 Å². The summed E-state index contributed by atoms with van der Waals surface area (Å²) in [6, 6.07) is 19.4. The first kappa shape index (κ1) is 20.3. The molecule has 7 nitrogen and oxygen atoms in total. The van der Waals surface area contributed by atoms with Gasteiger partial charge in [-0.25, -0.2) is 0 Å². The summed E-state index contributed by atoms with van der Waals surface area (Å²) in [6.07, 6.45) is 0. The van der Waals surface area contributed by atoms with Crippen LogP contribution in [0.4, 0.5) is 11.4 Å². The van der Waals surface area contributed by atoms with Gasteiger partial charge in [0.15, 0.2) is 12.4 Å². The zero-order valence-electron chi connectivity index (χ0n) is 17.3. The second-order valence-electron chi connectivity index (χ2n) is 6.85. The Labute approximate surface area is 180 Å². The van der Waals surface area contributed by atoms with Crippen molar-refractivity contribution in [2.75, 3.05) is 30.5 Å². The van der Waals surface area contributed by atoms with Crippen LogP contribution in [0.5, 0.6) is 23.0 Å². The molecule has 0 saturated heterocycles. The van der Waals surface area contributed by atoms with Crippen LogP contribution >= 0.6 is 0 Å². The summed E-state index contributed by atoms with van der Waals surface area (Å²) >= 11 is 0. The highest BCUT2D eigenvalue weighted by atomic mass is 16.5. The Morgan fingerprint density at radius 2 is 1.81 bits per heavy atom. The quantitative estimate of drug-likeness (QED) is 0.639.